The van der Waals surface area contributed by atoms with Crippen LogP contribution in [-0.2, 0) is 27.0 Å². The minimum Gasteiger partial charge on any atom is -0.454 e. The first-order valence-electron chi connectivity index (χ1n) is 9.56. The van der Waals surface area contributed by atoms with Gasteiger partial charge in [-0.3, -0.25) is 14.4 Å². The van der Waals surface area contributed by atoms with Crippen molar-refractivity contribution in [2.24, 2.45) is 0 Å². The second-order valence-corrected chi connectivity index (χ2v) is 7.02. The molecule has 1 aliphatic rings. The highest BCUT2D eigenvalue weighted by Gasteiger charge is 2.38. The Morgan fingerprint density at radius 1 is 1.15 bits per heavy atom. The van der Waals surface area contributed by atoms with Crippen LogP contribution in [0.1, 0.15) is 23.1 Å². The Bertz CT molecular complexity index is 1270. The number of Topliss-reactive ketones (excluding diaryl/α,β-unsaturated/α-hetero) is 1. The summed E-state index contributed by atoms with van der Waals surface area (Å²) in [4.78, 5) is 39.9. The van der Waals surface area contributed by atoms with Crippen molar-refractivity contribution in [3.8, 4) is 11.5 Å². The number of amides is 1. The topological polar surface area (TPSA) is 109 Å². The van der Waals surface area contributed by atoms with Crippen molar-refractivity contribution >= 4 is 34.4 Å². The average molecular weight is 463 g/mol. The van der Waals surface area contributed by atoms with Crippen LogP contribution in [0.15, 0.2) is 36.4 Å². The SMILES string of the molecule is CC(=O)c1cc2c(cc1NC(=O)COC(=O)Cn1c(C(F)(F)F)nc3ccccc31)OCO2. The summed E-state index contributed by atoms with van der Waals surface area (Å²) in [7, 11) is 0. The molecule has 3 aromatic rings. The van der Waals surface area contributed by atoms with Gasteiger partial charge in [0.1, 0.15) is 6.54 Å². The van der Waals surface area contributed by atoms with E-state index in [0.717, 1.165) is 0 Å². The van der Waals surface area contributed by atoms with E-state index in [1.165, 1.54) is 43.3 Å². The lowest BCUT2D eigenvalue weighted by Crippen LogP contribution is -2.25. The Kier molecular flexibility index (Phi) is 5.66. The molecule has 0 unspecified atom stereocenters. The molecule has 0 radical (unpaired) electrons. The maximum atomic E-state index is 13.3. The molecule has 0 saturated carbocycles. The van der Waals surface area contributed by atoms with Crippen molar-refractivity contribution in [1.82, 2.24) is 9.55 Å². The van der Waals surface area contributed by atoms with E-state index in [1.807, 2.05) is 0 Å². The molecule has 4 rings (SSSR count). The maximum absolute atomic E-state index is 13.3. The number of alkyl halides is 3. The molecule has 9 nitrogen and oxygen atoms in total. The first-order chi connectivity index (χ1) is 15.6. The number of carbonyl (C=O) groups is 3. The van der Waals surface area contributed by atoms with Gasteiger partial charge in [-0.1, -0.05) is 12.1 Å². The Morgan fingerprint density at radius 2 is 1.85 bits per heavy atom. The quantitative estimate of drug-likeness (QED) is 0.442. The fourth-order valence-electron chi connectivity index (χ4n) is 3.30. The smallest absolute Gasteiger partial charge is 0.449 e. The van der Waals surface area contributed by atoms with Crippen LogP contribution < -0.4 is 14.8 Å². The molecule has 0 atom stereocenters. The minimum atomic E-state index is -4.79. The summed E-state index contributed by atoms with van der Waals surface area (Å²) < 4.78 is 56.0. The summed E-state index contributed by atoms with van der Waals surface area (Å²) >= 11 is 0. The molecule has 0 saturated heterocycles. The van der Waals surface area contributed by atoms with Gasteiger partial charge in [0, 0.05) is 11.6 Å². The third-order valence-electron chi connectivity index (χ3n) is 4.73. The zero-order chi connectivity index (χ0) is 23.8. The second-order valence-electron chi connectivity index (χ2n) is 7.02. The molecule has 0 spiro atoms. The van der Waals surface area contributed by atoms with Crippen molar-refractivity contribution in [3.05, 3.63) is 47.8 Å². The first kappa shape index (κ1) is 22.1. The van der Waals surface area contributed by atoms with E-state index >= 15 is 0 Å². The largest absolute Gasteiger partial charge is 0.454 e. The molecule has 0 fully saturated rings. The van der Waals surface area contributed by atoms with Crippen LogP contribution in [0.4, 0.5) is 18.9 Å². The van der Waals surface area contributed by atoms with E-state index in [1.54, 1.807) is 0 Å². The van der Waals surface area contributed by atoms with Gasteiger partial charge in [-0.2, -0.15) is 13.2 Å². The van der Waals surface area contributed by atoms with Crippen molar-refractivity contribution < 1.29 is 41.8 Å². The summed E-state index contributed by atoms with van der Waals surface area (Å²) in [6.45, 7) is -0.324. The number of nitrogens with zero attached hydrogens (tertiary/aromatic N) is 2. The molecule has 0 aliphatic carbocycles. The first-order valence-corrected chi connectivity index (χ1v) is 9.56. The van der Waals surface area contributed by atoms with Crippen molar-refractivity contribution in [2.75, 3.05) is 18.7 Å². The molecule has 33 heavy (non-hydrogen) atoms. The number of nitrogens with one attached hydrogen (secondary N) is 1. The number of carbonyl (C=O) groups excluding carboxylic acids is 3. The van der Waals surface area contributed by atoms with E-state index in [9.17, 15) is 27.6 Å². The number of halogens is 3. The number of anilines is 1. The van der Waals surface area contributed by atoms with E-state index < -0.39 is 37.0 Å². The molecule has 1 amide bonds. The van der Waals surface area contributed by atoms with E-state index in [2.05, 4.69) is 10.3 Å². The van der Waals surface area contributed by atoms with Crippen LogP contribution >= 0.6 is 0 Å². The lowest BCUT2D eigenvalue weighted by molar-refractivity contribution is -0.152. The summed E-state index contributed by atoms with van der Waals surface area (Å²) in [5, 5.41) is 2.43. The number of hydrogen-bond donors (Lipinski definition) is 1. The van der Waals surface area contributed by atoms with Gasteiger partial charge >= 0.3 is 12.1 Å². The Labute approximate surface area is 184 Å². The summed E-state index contributed by atoms with van der Waals surface area (Å²) in [6.07, 6.45) is -4.79. The van der Waals surface area contributed by atoms with Crippen molar-refractivity contribution in [1.29, 1.82) is 0 Å². The number of benzene rings is 2. The lowest BCUT2D eigenvalue weighted by atomic mass is 10.1. The highest BCUT2D eigenvalue weighted by Crippen LogP contribution is 2.37. The lowest BCUT2D eigenvalue weighted by Gasteiger charge is -2.12. The van der Waals surface area contributed by atoms with E-state index in [4.69, 9.17) is 14.2 Å². The Morgan fingerprint density at radius 3 is 2.55 bits per heavy atom. The predicted octanol–water partition coefficient (Wildman–Crippen LogP) is 3.17. The molecule has 1 N–H and O–H groups in total. The van der Waals surface area contributed by atoms with Gasteiger partial charge in [-0.25, -0.2) is 4.98 Å². The van der Waals surface area contributed by atoms with Crippen molar-refractivity contribution in [3.63, 3.8) is 0 Å². The number of imidazole rings is 1. The van der Waals surface area contributed by atoms with Crippen molar-refractivity contribution in [2.45, 2.75) is 19.6 Å². The van der Waals surface area contributed by atoms with Gasteiger partial charge in [0.2, 0.25) is 12.6 Å². The molecule has 0 bridgehead atoms. The minimum absolute atomic E-state index is 0.0372. The number of ketones is 1. The molecule has 2 aromatic carbocycles. The number of para-hydroxylation sites is 2. The van der Waals surface area contributed by atoms with Crippen LogP contribution in [-0.4, -0.2) is 40.6 Å². The monoisotopic (exact) mass is 463 g/mol. The van der Waals surface area contributed by atoms with Crippen LogP contribution in [0.25, 0.3) is 11.0 Å². The number of esters is 1. The van der Waals surface area contributed by atoms with Gasteiger partial charge in [-0.15, -0.1) is 0 Å². The maximum Gasteiger partial charge on any atom is 0.449 e. The zero-order valence-electron chi connectivity index (χ0n) is 17.1. The van der Waals surface area contributed by atoms with E-state index in [0.29, 0.717) is 16.1 Å². The standard InChI is InChI=1S/C21H16F3N3O6/c1-11(28)12-6-16-17(33-10-32-16)7-14(12)25-18(29)9-31-19(30)8-27-15-5-3-2-4-13(15)26-20(27)21(22,23)24/h2-7H,8-10H2,1H3,(H,25,29). The number of rotatable bonds is 6. The average Bonchev–Trinajstić information content (AvgIpc) is 3.36. The van der Waals surface area contributed by atoms with Gasteiger partial charge in [0.05, 0.1) is 16.7 Å². The van der Waals surface area contributed by atoms with Crippen LogP contribution in [0.5, 0.6) is 11.5 Å². The second kappa shape index (κ2) is 8.45. The summed E-state index contributed by atoms with van der Waals surface area (Å²) in [6, 6.07) is 8.62. The molecule has 172 valence electrons. The van der Waals surface area contributed by atoms with Crippen LogP contribution in [0, 0.1) is 0 Å². The highest BCUT2D eigenvalue weighted by atomic mass is 19.4. The summed E-state index contributed by atoms with van der Waals surface area (Å²) in [5.74, 6) is -2.81. The predicted molar refractivity (Wildman–Crippen MR) is 107 cm³/mol. The summed E-state index contributed by atoms with van der Waals surface area (Å²) in [5.41, 5.74) is 0.430. The number of ether oxygens (including phenoxy) is 3. The third-order valence-corrected chi connectivity index (χ3v) is 4.73. The molecular formula is C21H16F3N3O6. The molecule has 1 aliphatic heterocycles. The highest BCUT2D eigenvalue weighted by molar-refractivity contribution is 6.05. The van der Waals surface area contributed by atoms with Gasteiger partial charge in [-0.05, 0) is 25.1 Å². The van der Waals surface area contributed by atoms with Gasteiger partial charge < -0.3 is 24.1 Å². The number of fused-ring (bicyclic) bond motifs is 2. The Balaban J connectivity index is 1.44. The normalized spacial score (nSPS) is 12.6. The van der Waals surface area contributed by atoms with Crippen LogP contribution in [0.2, 0.25) is 0 Å². The van der Waals surface area contributed by atoms with Crippen LogP contribution in [0.3, 0.4) is 0 Å². The van der Waals surface area contributed by atoms with Gasteiger partial charge in [0.15, 0.2) is 23.9 Å². The fraction of sp³-hybridized carbons (Fsp3) is 0.238. The molecule has 12 heteroatoms. The zero-order valence-corrected chi connectivity index (χ0v) is 17.1. The molecular weight excluding hydrogens is 447 g/mol. The number of aromatic nitrogens is 2. The third kappa shape index (κ3) is 4.59. The Hall–Kier alpha value is -4.09. The number of hydrogen-bond acceptors (Lipinski definition) is 7. The van der Waals surface area contributed by atoms with E-state index in [-0.39, 0.29) is 34.9 Å². The molecule has 2 heterocycles. The molecule has 1 aromatic heterocycles. The van der Waals surface area contributed by atoms with Gasteiger partial charge in [0.25, 0.3) is 5.91 Å². The fourth-order valence-corrected chi connectivity index (χ4v) is 3.30.